The second-order valence-corrected chi connectivity index (χ2v) is 6.79. The normalized spacial score (nSPS) is 18.3. The molecular weight excluding hydrogens is 326 g/mol. The van der Waals surface area contributed by atoms with Crippen LogP contribution in [-0.2, 0) is 0 Å². The zero-order chi connectivity index (χ0) is 18.5. The molecule has 0 radical (unpaired) electrons. The van der Waals surface area contributed by atoms with E-state index in [4.69, 9.17) is 16.2 Å². The maximum absolute atomic E-state index is 13.0. The molecule has 2 atom stereocenters. The summed E-state index contributed by atoms with van der Waals surface area (Å²) in [6.07, 6.45) is 4.45. The number of ketones is 1. The van der Waals surface area contributed by atoms with E-state index in [1.165, 1.54) is 12.8 Å². The Balaban J connectivity index is 1.85. The van der Waals surface area contributed by atoms with Crippen molar-refractivity contribution in [2.45, 2.75) is 44.8 Å². The van der Waals surface area contributed by atoms with Crippen molar-refractivity contribution in [3.05, 3.63) is 53.6 Å². The first-order valence-electron chi connectivity index (χ1n) is 9.29. The van der Waals surface area contributed by atoms with E-state index in [1.807, 2.05) is 18.2 Å². The van der Waals surface area contributed by atoms with Crippen molar-refractivity contribution in [3.63, 3.8) is 0 Å². The van der Waals surface area contributed by atoms with Crippen LogP contribution in [0, 0.1) is 0 Å². The fraction of sp³-hybridized carbons (Fsp3) is 0.381. The van der Waals surface area contributed by atoms with Crippen molar-refractivity contribution >= 4 is 17.2 Å². The Morgan fingerprint density at radius 1 is 1.19 bits per heavy atom. The van der Waals surface area contributed by atoms with E-state index in [0.717, 1.165) is 19.4 Å². The number of carbonyl (C=O) groups is 1. The summed E-state index contributed by atoms with van der Waals surface area (Å²) in [7, 11) is 0. The van der Waals surface area contributed by atoms with E-state index in [0.29, 0.717) is 34.3 Å². The smallest absolute Gasteiger partial charge is 0.196 e. The highest BCUT2D eigenvalue weighted by Crippen LogP contribution is 2.27. The molecule has 1 heterocycles. The van der Waals surface area contributed by atoms with Crippen LogP contribution in [0.3, 0.4) is 0 Å². The van der Waals surface area contributed by atoms with Crippen LogP contribution in [0.5, 0.6) is 5.75 Å². The third-order valence-corrected chi connectivity index (χ3v) is 4.96. The minimum absolute atomic E-state index is 0.0423. The van der Waals surface area contributed by atoms with Gasteiger partial charge in [0.2, 0.25) is 0 Å². The lowest BCUT2D eigenvalue weighted by Crippen LogP contribution is -2.45. The predicted molar refractivity (Wildman–Crippen MR) is 105 cm³/mol. The highest BCUT2D eigenvalue weighted by Gasteiger charge is 2.25. The number of ether oxygens (including phenoxy) is 1. The molecule has 5 nitrogen and oxygen atoms in total. The Morgan fingerprint density at radius 2 is 2.00 bits per heavy atom. The maximum atomic E-state index is 13.0. The average Bonchev–Trinajstić information content (AvgIpc) is 2.68. The van der Waals surface area contributed by atoms with E-state index in [9.17, 15) is 4.79 Å². The fourth-order valence-corrected chi connectivity index (χ4v) is 3.44. The number of para-hydroxylation sites is 1. The number of nitrogens with two attached hydrogens (primary N) is 2. The van der Waals surface area contributed by atoms with Crippen LogP contribution in [0.1, 0.15) is 48.5 Å². The van der Waals surface area contributed by atoms with Crippen molar-refractivity contribution in [2.75, 3.05) is 18.0 Å². The number of hydrogen-bond donors (Lipinski definition) is 3. The molecule has 0 bridgehead atoms. The van der Waals surface area contributed by atoms with Crippen LogP contribution in [-0.4, -0.2) is 24.5 Å². The Bertz CT molecular complexity index is 770. The molecule has 1 fully saturated rings. The summed E-state index contributed by atoms with van der Waals surface area (Å²) in [5.41, 5.74) is 13.6. The summed E-state index contributed by atoms with van der Waals surface area (Å²) >= 11 is 0. The number of nitrogen functional groups attached to an aromatic ring is 2. The lowest BCUT2D eigenvalue weighted by molar-refractivity contribution is 0.101. The summed E-state index contributed by atoms with van der Waals surface area (Å²) in [5.74, 6) is 0.505. The standard InChI is InChI=1S/C21H27N3O2/c1-2-19(18-8-5-6-12-24-18)26-20-9-4-3-7-15(20)21(25)14-10-11-16(22)17(23)13-14/h3-4,7,9-11,13,18-19,24H,2,5-6,8,12,22-23H2,1H3. The Morgan fingerprint density at radius 3 is 2.69 bits per heavy atom. The third-order valence-electron chi connectivity index (χ3n) is 4.96. The van der Waals surface area contributed by atoms with Gasteiger partial charge in [0.05, 0.1) is 16.9 Å². The zero-order valence-electron chi connectivity index (χ0n) is 15.2. The first-order valence-corrected chi connectivity index (χ1v) is 9.29. The van der Waals surface area contributed by atoms with E-state index in [2.05, 4.69) is 12.2 Å². The Kier molecular flexibility index (Phi) is 5.78. The molecule has 0 amide bonds. The van der Waals surface area contributed by atoms with Gasteiger partial charge in [-0.2, -0.15) is 0 Å². The third kappa shape index (κ3) is 3.99. The van der Waals surface area contributed by atoms with Gasteiger partial charge in [-0.25, -0.2) is 0 Å². The second-order valence-electron chi connectivity index (χ2n) is 6.79. The van der Waals surface area contributed by atoms with Crippen LogP contribution in [0.4, 0.5) is 11.4 Å². The summed E-state index contributed by atoms with van der Waals surface area (Å²) < 4.78 is 6.29. The van der Waals surface area contributed by atoms with E-state index < -0.39 is 0 Å². The van der Waals surface area contributed by atoms with Gasteiger partial charge in [-0.15, -0.1) is 0 Å². The molecule has 1 aliphatic rings. The minimum Gasteiger partial charge on any atom is -0.488 e. The molecule has 0 aromatic heterocycles. The van der Waals surface area contributed by atoms with Crippen molar-refractivity contribution in [3.8, 4) is 5.75 Å². The topological polar surface area (TPSA) is 90.4 Å². The lowest BCUT2D eigenvalue weighted by atomic mass is 9.97. The number of anilines is 2. The number of hydrogen-bond acceptors (Lipinski definition) is 5. The first-order chi connectivity index (χ1) is 12.6. The van der Waals surface area contributed by atoms with Gasteiger partial charge < -0.3 is 21.5 Å². The van der Waals surface area contributed by atoms with Gasteiger partial charge in [0, 0.05) is 11.6 Å². The van der Waals surface area contributed by atoms with Crippen LogP contribution in [0.2, 0.25) is 0 Å². The van der Waals surface area contributed by atoms with Crippen LogP contribution in [0.15, 0.2) is 42.5 Å². The lowest BCUT2D eigenvalue weighted by Gasteiger charge is -2.31. The van der Waals surface area contributed by atoms with Crippen molar-refractivity contribution in [1.82, 2.24) is 5.32 Å². The number of benzene rings is 2. The maximum Gasteiger partial charge on any atom is 0.196 e. The largest absolute Gasteiger partial charge is 0.488 e. The Labute approximate surface area is 154 Å². The number of nitrogens with one attached hydrogen (secondary N) is 1. The fourth-order valence-electron chi connectivity index (χ4n) is 3.44. The van der Waals surface area contributed by atoms with Gasteiger partial charge in [0.1, 0.15) is 11.9 Å². The molecule has 2 aromatic carbocycles. The molecule has 138 valence electrons. The molecule has 0 aliphatic carbocycles. The highest BCUT2D eigenvalue weighted by molar-refractivity contribution is 6.11. The molecule has 5 N–H and O–H groups in total. The molecule has 0 spiro atoms. The highest BCUT2D eigenvalue weighted by atomic mass is 16.5. The number of carbonyl (C=O) groups excluding carboxylic acids is 1. The molecule has 3 rings (SSSR count). The van der Waals surface area contributed by atoms with Gasteiger partial charge in [-0.3, -0.25) is 4.79 Å². The van der Waals surface area contributed by atoms with E-state index >= 15 is 0 Å². The quantitative estimate of drug-likeness (QED) is 0.547. The van der Waals surface area contributed by atoms with Gasteiger partial charge in [-0.1, -0.05) is 25.5 Å². The molecule has 0 saturated carbocycles. The number of piperidine rings is 1. The Hall–Kier alpha value is -2.53. The first kappa shape index (κ1) is 18.3. The predicted octanol–water partition coefficient (Wildman–Crippen LogP) is 3.38. The molecule has 2 aromatic rings. The number of rotatable bonds is 6. The summed E-state index contributed by atoms with van der Waals surface area (Å²) in [5, 5.41) is 3.54. The summed E-state index contributed by atoms with van der Waals surface area (Å²) in [4.78, 5) is 13.0. The van der Waals surface area contributed by atoms with Crippen LogP contribution in [0.25, 0.3) is 0 Å². The van der Waals surface area contributed by atoms with Crippen molar-refractivity contribution in [2.24, 2.45) is 0 Å². The van der Waals surface area contributed by atoms with Crippen molar-refractivity contribution in [1.29, 1.82) is 0 Å². The summed E-state index contributed by atoms with van der Waals surface area (Å²) in [6, 6.07) is 12.7. The van der Waals surface area contributed by atoms with Gasteiger partial charge in [0.15, 0.2) is 5.78 Å². The van der Waals surface area contributed by atoms with Gasteiger partial charge >= 0.3 is 0 Å². The monoisotopic (exact) mass is 353 g/mol. The van der Waals surface area contributed by atoms with Gasteiger partial charge in [-0.05, 0) is 56.1 Å². The van der Waals surface area contributed by atoms with Crippen LogP contribution >= 0.6 is 0 Å². The van der Waals surface area contributed by atoms with Crippen LogP contribution < -0.4 is 21.5 Å². The zero-order valence-corrected chi connectivity index (χ0v) is 15.2. The second kappa shape index (κ2) is 8.23. The summed E-state index contributed by atoms with van der Waals surface area (Å²) in [6.45, 7) is 3.14. The van der Waals surface area contributed by atoms with Gasteiger partial charge in [0.25, 0.3) is 0 Å². The van der Waals surface area contributed by atoms with E-state index in [1.54, 1.807) is 24.3 Å². The van der Waals surface area contributed by atoms with Crippen molar-refractivity contribution < 1.29 is 9.53 Å². The minimum atomic E-state index is -0.112. The SMILES string of the molecule is CCC(Oc1ccccc1C(=O)c1ccc(N)c(N)c1)C1CCCCN1. The molecule has 26 heavy (non-hydrogen) atoms. The molecule has 1 saturated heterocycles. The van der Waals surface area contributed by atoms with E-state index in [-0.39, 0.29) is 11.9 Å². The molecule has 2 unspecified atom stereocenters. The molecule has 1 aliphatic heterocycles. The molecular formula is C21H27N3O2. The average molecular weight is 353 g/mol. The molecule has 5 heteroatoms.